The van der Waals surface area contributed by atoms with Gasteiger partial charge in [-0.05, 0) is 54.3 Å². The van der Waals surface area contributed by atoms with Crippen molar-refractivity contribution >= 4 is 11.6 Å². The Balaban J connectivity index is 1.82. The molecule has 1 amide bonds. The molecule has 2 aromatic carbocycles. The molecule has 128 valence electrons. The number of amides is 1. The molecule has 0 bridgehead atoms. The van der Waals surface area contributed by atoms with E-state index in [1.807, 2.05) is 48.5 Å². The Morgan fingerprint density at radius 3 is 2.21 bits per heavy atom. The maximum Gasteiger partial charge on any atom is 0.228 e. The van der Waals surface area contributed by atoms with E-state index in [1.165, 1.54) is 0 Å². The first kappa shape index (κ1) is 17.9. The van der Waals surface area contributed by atoms with Gasteiger partial charge in [-0.3, -0.25) is 4.79 Å². The molecule has 0 atom stereocenters. The minimum atomic E-state index is -0.0476. The van der Waals surface area contributed by atoms with Gasteiger partial charge >= 0.3 is 0 Å². The molecule has 0 aliphatic rings. The molecule has 0 unspecified atom stereocenters. The number of carbonyl (C=O) groups excluding carboxylic acids is 1. The second-order valence-corrected chi connectivity index (χ2v) is 6.13. The third-order valence-corrected chi connectivity index (χ3v) is 3.63. The van der Waals surface area contributed by atoms with Crippen LogP contribution in [0.15, 0.2) is 48.5 Å². The van der Waals surface area contributed by atoms with E-state index in [0.717, 1.165) is 29.2 Å². The van der Waals surface area contributed by atoms with Gasteiger partial charge < -0.3 is 14.8 Å². The third-order valence-electron chi connectivity index (χ3n) is 3.63. The molecule has 0 saturated heterocycles. The fourth-order valence-electron chi connectivity index (χ4n) is 2.18. The van der Waals surface area contributed by atoms with Crippen molar-refractivity contribution in [3.05, 3.63) is 54.1 Å². The van der Waals surface area contributed by atoms with E-state index in [4.69, 9.17) is 9.47 Å². The number of benzene rings is 2. The summed E-state index contributed by atoms with van der Waals surface area (Å²) in [5.41, 5.74) is 1.71. The Morgan fingerprint density at radius 1 is 1.00 bits per heavy atom. The summed E-state index contributed by atoms with van der Waals surface area (Å²) in [7, 11) is 1.62. The van der Waals surface area contributed by atoms with Crippen molar-refractivity contribution < 1.29 is 14.3 Å². The molecule has 0 saturated carbocycles. The fraction of sp³-hybridized carbons (Fsp3) is 0.350. The van der Waals surface area contributed by atoms with Crippen LogP contribution in [0, 0.1) is 5.92 Å². The Bertz CT molecular complexity index is 633. The van der Waals surface area contributed by atoms with Gasteiger partial charge in [0.1, 0.15) is 11.5 Å². The molecular weight excluding hydrogens is 302 g/mol. The van der Waals surface area contributed by atoms with E-state index in [-0.39, 0.29) is 5.91 Å². The molecule has 0 spiro atoms. The molecule has 0 aromatic heterocycles. The number of carbonyl (C=O) groups is 1. The number of hydrogen-bond acceptors (Lipinski definition) is 3. The van der Waals surface area contributed by atoms with E-state index in [2.05, 4.69) is 19.2 Å². The molecule has 2 aromatic rings. The van der Waals surface area contributed by atoms with Gasteiger partial charge in [0.25, 0.3) is 0 Å². The highest BCUT2D eigenvalue weighted by Gasteiger charge is 2.05. The average molecular weight is 327 g/mol. The largest absolute Gasteiger partial charge is 0.497 e. The van der Waals surface area contributed by atoms with E-state index in [9.17, 15) is 4.79 Å². The van der Waals surface area contributed by atoms with Crippen LogP contribution < -0.4 is 14.8 Å². The SMILES string of the molecule is COc1ccc(CC(=O)Nc2ccc(OCCC(C)C)cc2)cc1. The van der Waals surface area contributed by atoms with Crippen LogP contribution in [0.2, 0.25) is 0 Å². The van der Waals surface area contributed by atoms with Crippen LogP contribution in [-0.2, 0) is 11.2 Å². The molecule has 0 aliphatic carbocycles. The molecule has 4 heteroatoms. The second kappa shape index (κ2) is 8.96. The van der Waals surface area contributed by atoms with Crippen LogP contribution in [0.3, 0.4) is 0 Å². The van der Waals surface area contributed by atoms with Crippen molar-refractivity contribution in [2.75, 3.05) is 19.0 Å². The van der Waals surface area contributed by atoms with Gasteiger partial charge in [0.2, 0.25) is 5.91 Å². The molecule has 0 radical (unpaired) electrons. The van der Waals surface area contributed by atoms with E-state index in [1.54, 1.807) is 7.11 Å². The van der Waals surface area contributed by atoms with Gasteiger partial charge in [-0.1, -0.05) is 26.0 Å². The first-order chi connectivity index (χ1) is 11.6. The zero-order chi connectivity index (χ0) is 17.4. The van der Waals surface area contributed by atoms with Crippen molar-refractivity contribution in [3.63, 3.8) is 0 Å². The van der Waals surface area contributed by atoms with Gasteiger partial charge in [-0.15, -0.1) is 0 Å². The quantitative estimate of drug-likeness (QED) is 0.786. The fourth-order valence-corrected chi connectivity index (χ4v) is 2.18. The van der Waals surface area contributed by atoms with Gasteiger partial charge in [-0.25, -0.2) is 0 Å². The number of anilines is 1. The van der Waals surface area contributed by atoms with Crippen LogP contribution in [0.1, 0.15) is 25.8 Å². The zero-order valence-corrected chi connectivity index (χ0v) is 14.5. The van der Waals surface area contributed by atoms with Crippen LogP contribution in [-0.4, -0.2) is 19.6 Å². The molecule has 0 heterocycles. The lowest BCUT2D eigenvalue weighted by Crippen LogP contribution is -2.14. The number of methoxy groups -OCH3 is 1. The van der Waals surface area contributed by atoms with Gasteiger partial charge in [0.05, 0.1) is 20.1 Å². The molecule has 0 fully saturated rings. The third kappa shape index (κ3) is 5.95. The van der Waals surface area contributed by atoms with E-state index < -0.39 is 0 Å². The standard InChI is InChI=1S/C20H25NO3/c1-15(2)12-13-24-19-10-6-17(7-11-19)21-20(22)14-16-4-8-18(23-3)9-5-16/h4-11,15H,12-14H2,1-3H3,(H,21,22). The lowest BCUT2D eigenvalue weighted by molar-refractivity contribution is -0.115. The van der Waals surface area contributed by atoms with Gasteiger partial charge in [0.15, 0.2) is 0 Å². The highest BCUT2D eigenvalue weighted by molar-refractivity contribution is 5.92. The number of hydrogen-bond donors (Lipinski definition) is 1. The van der Waals surface area contributed by atoms with Crippen LogP contribution in [0.5, 0.6) is 11.5 Å². The lowest BCUT2D eigenvalue weighted by Gasteiger charge is -2.09. The predicted octanol–water partition coefficient (Wildman–Crippen LogP) is 4.30. The Kier molecular flexibility index (Phi) is 6.67. The molecule has 4 nitrogen and oxygen atoms in total. The monoisotopic (exact) mass is 327 g/mol. The number of ether oxygens (including phenoxy) is 2. The van der Waals surface area contributed by atoms with Crippen LogP contribution in [0.25, 0.3) is 0 Å². The molecule has 24 heavy (non-hydrogen) atoms. The molecule has 2 rings (SSSR count). The Morgan fingerprint density at radius 2 is 1.62 bits per heavy atom. The second-order valence-electron chi connectivity index (χ2n) is 6.13. The minimum Gasteiger partial charge on any atom is -0.497 e. The maximum absolute atomic E-state index is 12.1. The molecule has 0 aliphatic heterocycles. The topological polar surface area (TPSA) is 47.6 Å². The Hall–Kier alpha value is -2.49. The summed E-state index contributed by atoms with van der Waals surface area (Å²) in [6, 6.07) is 15.0. The summed E-state index contributed by atoms with van der Waals surface area (Å²) in [6.45, 7) is 5.05. The number of rotatable bonds is 8. The predicted molar refractivity (Wildman–Crippen MR) is 96.7 cm³/mol. The van der Waals surface area contributed by atoms with Crippen molar-refractivity contribution in [2.45, 2.75) is 26.7 Å². The first-order valence-corrected chi connectivity index (χ1v) is 8.22. The van der Waals surface area contributed by atoms with Crippen LogP contribution >= 0.6 is 0 Å². The normalized spacial score (nSPS) is 10.5. The average Bonchev–Trinajstić information content (AvgIpc) is 2.57. The smallest absolute Gasteiger partial charge is 0.228 e. The van der Waals surface area contributed by atoms with Gasteiger partial charge in [-0.2, -0.15) is 0 Å². The lowest BCUT2D eigenvalue weighted by atomic mass is 10.1. The highest BCUT2D eigenvalue weighted by Crippen LogP contribution is 2.17. The molecular formula is C20H25NO3. The van der Waals surface area contributed by atoms with Crippen molar-refractivity contribution in [1.82, 2.24) is 0 Å². The summed E-state index contributed by atoms with van der Waals surface area (Å²) >= 11 is 0. The summed E-state index contributed by atoms with van der Waals surface area (Å²) in [4.78, 5) is 12.1. The summed E-state index contributed by atoms with van der Waals surface area (Å²) in [5.74, 6) is 2.19. The summed E-state index contributed by atoms with van der Waals surface area (Å²) < 4.78 is 10.8. The first-order valence-electron chi connectivity index (χ1n) is 8.22. The van der Waals surface area contributed by atoms with Crippen molar-refractivity contribution in [2.24, 2.45) is 5.92 Å². The zero-order valence-electron chi connectivity index (χ0n) is 14.5. The minimum absolute atomic E-state index is 0.0476. The van der Waals surface area contributed by atoms with Crippen LogP contribution in [0.4, 0.5) is 5.69 Å². The van der Waals surface area contributed by atoms with Gasteiger partial charge in [0, 0.05) is 5.69 Å². The summed E-state index contributed by atoms with van der Waals surface area (Å²) in [5, 5.41) is 2.89. The highest BCUT2D eigenvalue weighted by atomic mass is 16.5. The maximum atomic E-state index is 12.1. The summed E-state index contributed by atoms with van der Waals surface area (Å²) in [6.07, 6.45) is 1.36. The van der Waals surface area contributed by atoms with E-state index in [0.29, 0.717) is 18.9 Å². The van der Waals surface area contributed by atoms with E-state index >= 15 is 0 Å². The van der Waals surface area contributed by atoms with Crippen molar-refractivity contribution in [3.8, 4) is 11.5 Å². The van der Waals surface area contributed by atoms with Crippen molar-refractivity contribution in [1.29, 1.82) is 0 Å². The Labute approximate surface area is 143 Å². The molecule has 1 N–H and O–H groups in total. The number of nitrogens with one attached hydrogen (secondary N) is 1.